The molecule has 2 aromatic rings. The van der Waals surface area contributed by atoms with E-state index < -0.39 is 21.7 Å². The first-order valence-corrected chi connectivity index (χ1v) is 8.30. The molecule has 25 heavy (non-hydrogen) atoms. The normalized spacial score (nSPS) is 11.9. The number of nitrogens with one attached hydrogen (secondary N) is 1. The fourth-order valence-electron chi connectivity index (χ4n) is 1.98. The van der Waals surface area contributed by atoms with Crippen molar-refractivity contribution >= 4 is 29.0 Å². The van der Waals surface area contributed by atoms with E-state index in [0.717, 1.165) is 29.1 Å². The van der Waals surface area contributed by atoms with Crippen molar-refractivity contribution in [2.75, 3.05) is 5.32 Å². The number of anilines is 1. The average Bonchev–Trinajstić information content (AvgIpc) is 2.53. The maximum absolute atomic E-state index is 13.3. The molecule has 1 N–H and O–H groups in total. The fraction of sp³-hybridized carbons (Fsp3) is 0.312. The van der Waals surface area contributed by atoms with Gasteiger partial charge in [0.05, 0.1) is 10.2 Å². The Balaban J connectivity index is 2.11. The third kappa shape index (κ3) is 4.50. The van der Waals surface area contributed by atoms with Gasteiger partial charge in [0.2, 0.25) is 11.7 Å². The minimum atomic E-state index is -0.954. The van der Waals surface area contributed by atoms with Gasteiger partial charge >= 0.3 is 5.69 Å². The Bertz CT molecular complexity index is 821. The lowest BCUT2D eigenvalue weighted by atomic mass is 10.2. The molecular formula is C16H17FN4O3S. The summed E-state index contributed by atoms with van der Waals surface area (Å²) in [5.74, 6) is -1.34. The molecule has 0 spiro atoms. The average molecular weight is 364 g/mol. The zero-order valence-electron chi connectivity index (χ0n) is 14.2. The van der Waals surface area contributed by atoms with Crippen molar-refractivity contribution < 1.29 is 14.1 Å². The summed E-state index contributed by atoms with van der Waals surface area (Å²) >= 11 is 1.18. The molecule has 0 saturated carbocycles. The molecule has 0 unspecified atom stereocenters. The lowest BCUT2D eigenvalue weighted by Gasteiger charge is -2.12. The molecular weight excluding hydrogens is 347 g/mol. The highest BCUT2D eigenvalue weighted by Gasteiger charge is 2.20. The summed E-state index contributed by atoms with van der Waals surface area (Å²) in [5.41, 5.74) is 2.16. The summed E-state index contributed by atoms with van der Waals surface area (Å²) in [6, 6.07) is 3.21. The van der Waals surface area contributed by atoms with Gasteiger partial charge in [-0.2, -0.15) is 4.39 Å². The number of rotatable bonds is 5. The maximum Gasteiger partial charge on any atom is 0.306 e. The van der Waals surface area contributed by atoms with Crippen LogP contribution < -0.4 is 5.32 Å². The van der Waals surface area contributed by atoms with Crippen LogP contribution in [0.5, 0.6) is 0 Å². The van der Waals surface area contributed by atoms with Crippen molar-refractivity contribution in [2.24, 2.45) is 0 Å². The number of nitro groups is 1. The molecule has 0 aliphatic heterocycles. The van der Waals surface area contributed by atoms with Gasteiger partial charge in [-0.15, -0.1) is 0 Å². The quantitative estimate of drug-likeness (QED) is 0.377. The predicted octanol–water partition coefficient (Wildman–Crippen LogP) is 3.57. The summed E-state index contributed by atoms with van der Waals surface area (Å²) in [5, 5.41) is 13.2. The van der Waals surface area contributed by atoms with Crippen LogP contribution in [0.2, 0.25) is 0 Å². The number of halogens is 1. The number of amides is 1. The first kappa shape index (κ1) is 18.8. The number of hydrogen-bond donors (Lipinski definition) is 1. The molecule has 0 aliphatic rings. The summed E-state index contributed by atoms with van der Waals surface area (Å²) in [4.78, 5) is 30.9. The fourth-order valence-corrected chi connectivity index (χ4v) is 2.84. The number of aryl methyl sites for hydroxylation is 2. The minimum absolute atomic E-state index is 0.155. The number of nitrogens with zero attached hydrogens (tertiary/aromatic N) is 3. The summed E-state index contributed by atoms with van der Waals surface area (Å²) in [6.07, 6.45) is 0. The second-order valence-electron chi connectivity index (χ2n) is 5.47. The van der Waals surface area contributed by atoms with E-state index in [1.165, 1.54) is 17.8 Å². The third-order valence-corrected chi connectivity index (χ3v) is 4.63. The van der Waals surface area contributed by atoms with Crippen LogP contribution in [0.3, 0.4) is 0 Å². The monoisotopic (exact) mass is 364 g/mol. The number of carbonyl (C=O) groups excluding carboxylic acids is 1. The van der Waals surface area contributed by atoms with Crippen molar-refractivity contribution in [3.63, 3.8) is 0 Å². The third-order valence-electron chi connectivity index (χ3n) is 3.67. The molecule has 1 aromatic heterocycles. The van der Waals surface area contributed by atoms with Crippen LogP contribution in [0, 0.1) is 36.7 Å². The van der Waals surface area contributed by atoms with Crippen LogP contribution in [0.4, 0.5) is 15.8 Å². The van der Waals surface area contributed by atoms with E-state index in [2.05, 4.69) is 15.3 Å². The molecule has 7 nitrogen and oxygen atoms in total. The highest BCUT2D eigenvalue weighted by atomic mass is 32.2. The number of aromatic nitrogens is 2. The molecule has 0 fully saturated rings. The maximum atomic E-state index is 13.3. The molecule has 0 aliphatic carbocycles. The smallest absolute Gasteiger partial charge is 0.306 e. The van der Waals surface area contributed by atoms with Gasteiger partial charge in [-0.05, 0) is 45.4 Å². The number of nitro benzene ring substituents is 1. The van der Waals surface area contributed by atoms with Gasteiger partial charge in [0.25, 0.3) is 0 Å². The molecule has 0 bridgehead atoms. The Hall–Kier alpha value is -2.55. The Labute approximate surface area is 148 Å². The van der Waals surface area contributed by atoms with Crippen LogP contribution in [0.15, 0.2) is 23.4 Å². The summed E-state index contributed by atoms with van der Waals surface area (Å²) < 4.78 is 13.3. The summed E-state index contributed by atoms with van der Waals surface area (Å²) in [7, 11) is 0. The number of carbonyl (C=O) groups is 1. The van der Waals surface area contributed by atoms with Gasteiger partial charge in [-0.1, -0.05) is 11.8 Å². The van der Waals surface area contributed by atoms with E-state index in [9.17, 15) is 19.3 Å². The van der Waals surface area contributed by atoms with Crippen LogP contribution in [0.25, 0.3) is 0 Å². The second kappa shape index (κ2) is 7.56. The Morgan fingerprint density at radius 2 is 1.88 bits per heavy atom. The molecule has 1 aromatic carbocycles. The standard InChI is InChI=1S/C16H17FN4O3S/c1-8-9(2)18-16(19-10(8)3)25-11(4)15(22)20-12-5-6-13(17)14(7-12)21(23)24/h5-7,11H,1-4H3,(H,20,22)/t11-/m1/s1. The van der Waals surface area contributed by atoms with E-state index in [4.69, 9.17) is 0 Å². The van der Waals surface area contributed by atoms with Gasteiger partial charge in [0.15, 0.2) is 5.16 Å². The lowest BCUT2D eigenvalue weighted by Crippen LogP contribution is -2.23. The predicted molar refractivity (Wildman–Crippen MR) is 93.2 cm³/mol. The Morgan fingerprint density at radius 3 is 2.44 bits per heavy atom. The first-order valence-electron chi connectivity index (χ1n) is 7.42. The molecule has 9 heteroatoms. The van der Waals surface area contributed by atoms with E-state index in [0.29, 0.717) is 5.16 Å². The molecule has 1 amide bonds. The Morgan fingerprint density at radius 1 is 1.28 bits per heavy atom. The van der Waals surface area contributed by atoms with Crippen LogP contribution in [0.1, 0.15) is 23.9 Å². The molecule has 0 saturated heterocycles. The molecule has 1 atom stereocenters. The van der Waals surface area contributed by atoms with Crippen molar-refractivity contribution in [3.05, 3.63) is 51.1 Å². The first-order chi connectivity index (χ1) is 11.7. The zero-order valence-corrected chi connectivity index (χ0v) is 15.0. The topological polar surface area (TPSA) is 98.0 Å². The lowest BCUT2D eigenvalue weighted by molar-refractivity contribution is -0.387. The van der Waals surface area contributed by atoms with Gasteiger partial charge in [0.1, 0.15) is 0 Å². The molecule has 132 valence electrons. The highest BCUT2D eigenvalue weighted by Crippen LogP contribution is 2.25. The van der Waals surface area contributed by atoms with Crippen molar-refractivity contribution in [1.82, 2.24) is 9.97 Å². The van der Waals surface area contributed by atoms with Gasteiger partial charge < -0.3 is 5.32 Å². The summed E-state index contributed by atoms with van der Waals surface area (Å²) in [6.45, 7) is 7.34. The van der Waals surface area contributed by atoms with E-state index in [1.54, 1.807) is 6.92 Å². The van der Waals surface area contributed by atoms with Gasteiger partial charge in [-0.25, -0.2) is 9.97 Å². The van der Waals surface area contributed by atoms with E-state index in [1.807, 2.05) is 20.8 Å². The van der Waals surface area contributed by atoms with E-state index >= 15 is 0 Å². The number of benzene rings is 1. The Kier molecular flexibility index (Phi) is 5.68. The van der Waals surface area contributed by atoms with Crippen LogP contribution in [-0.2, 0) is 4.79 Å². The van der Waals surface area contributed by atoms with Crippen molar-refractivity contribution in [2.45, 2.75) is 38.1 Å². The number of hydrogen-bond acceptors (Lipinski definition) is 6. The molecule has 2 rings (SSSR count). The van der Waals surface area contributed by atoms with Crippen molar-refractivity contribution in [3.8, 4) is 0 Å². The molecule has 0 radical (unpaired) electrons. The van der Waals surface area contributed by atoms with Gasteiger partial charge in [-0.3, -0.25) is 14.9 Å². The van der Waals surface area contributed by atoms with Crippen molar-refractivity contribution in [1.29, 1.82) is 0 Å². The van der Waals surface area contributed by atoms with Crippen LogP contribution in [-0.4, -0.2) is 26.0 Å². The number of thioether (sulfide) groups is 1. The van der Waals surface area contributed by atoms with Gasteiger partial charge in [0, 0.05) is 23.1 Å². The highest BCUT2D eigenvalue weighted by molar-refractivity contribution is 8.00. The van der Waals surface area contributed by atoms with Crippen LogP contribution >= 0.6 is 11.8 Å². The second-order valence-corrected chi connectivity index (χ2v) is 6.78. The zero-order chi connectivity index (χ0) is 18.7. The van der Waals surface area contributed by atoms with E-state index in [-0.39, 0.29) is 11.6 Å². The SMILES string of the molecule is Cc1nc(S[C@H](C)C(=O)Nc2ccc(F)c([N+](=O)[O-])c2)nc(C)c1C. The molecule has 1 heterocycles. The minimum Gasteiger partial charge on any atom is -0.325 e. The largest absolute Gasteiger partial charge is 0.325 e.